The molecule has 2 aliphatic rings. The van der Waals surface area contributed by atoms with E-state index in [0.29, 0.717) is 23.6 Å². The van der Waals surface area contributed by atoms with Crippen LogP contribution in [0.25, 0.3) is 11.1 Å². The van der Waals surface area contributed by atoms with Gasteiger partial charge in [0.1, 0.15) is 0 Å². The van der Waals surface area contributed by atoms with E-state index in [9.17, 15) is 4.39 Å². The number of nitrogens with zero attached hydrogens (tertiary/aromatic N) is 1. The third-order valence-electron chi connectivity index (χ3n) is 4.63. The van der Waals surface area contributed by atoms with E-state index >= 15 is 0 Å². The van der Waals surface area contributed by atoms with E-state index in [1.165, 1.54) is 29.7 Å². The van der Waals surface area contributed by atoms with Gasteiger partial charge in [-0.05, 0) is 54.8 Å². The highest BCUT2D eigenvalue weighted by atomic mass is 32.1. The second-order valence-electron chi connectivity index (χ2n) is 5.94. The number of rotatable bonds is 2. The van der Waals surface area contributed by atoms with Crippen LogP contribution in [0, 0.1) is 12.9 Å². The molecule has 2 fully saturated rings. The normalized spacial score (nSPS) is 28.2. The molecule has 2 nitrogen and oxygen atoms in total. The molecule has 0 aromatic carbocycles. The monoisotopic (exact) mass is 288 g/mol. The van der Waals surface area contributed by atoms with Crippen molar-refractivity contribution in [3.8, 4) is 11.1 Å². The van der Waals surface area contributed by atoms with Crippen LogP contribution >= 0.6 is 11.3 Å². The number of hydrogen-bond acceptors (Lipinski definition) is 3. The van der Waals surface area contributed by atoms with Crippen LogP contribution in [-0.4, -0.2) is 17.1 Å². The Bertz CT molecular complexity index is 652. The van der Waals surface area contributed by atoms with Gasteiger partial charge < -0.3 is 5.32 Å². The minimum absolute atomic E-state index is 0.359. The lowest BCUT2D eigenvalue weighted by Crippen LogP contribution is -2.21. The molecule has 3 unspecified atom stereocenters. The summed E-state index contributed by atoms with van der Waals surface area (Å²) in [5.74, 6) is 0.142. The number of aromatic nitrogens is 1. The molecule has 3 atom stereocenters. The van der Waals surface area contributed by atoms with Gasteiger partial charge in [0.2, 0.25) is 5.95 Å². The molecule has 1 N–H and O–H groups in total. The molecule has 0 spiro atoms. The topological polar surface area (TPSA) is 24.9 Å². The summed E-state index contributed by atoms with van der Waals surface area (Å²) in [5, 5.41) is 5.65. The fourth-order valence-electron chi connectivity index (χ4n) is 3.65. The van der Waals surface area contributed by atoms with Gasteiger partial charge in [0.25, 0.3) is 0 Å². The number of aryl methyl sites for hydroxylation is 1. The number of pyridine rings is 1. The number of halogens is 1. The van der Waals surface area contributed by atoms with E-state index < -0.39 is 0 Å². The Balaban J connectivity index is 1.72. The van der Waals surface area contributed by atoms with E-state index in [2.05, 4.69) is 10.3 Å². The van der Waals surface area contributed by atoms with Crippen molar-refractivity contribution >= 4 is 11.3 Å². The fourth-order valence-corrected chi connectivity index (χ4v) is 4.35. The van der Waals surface area contributed by atoms with Gasteiger partial charge in [0, 0.05) is 34.6 Å². The Morgan fingerprint density at radius 1 is 1.35 bits per heavy atom. The SMILES string of the molecule is Cc1cc(-c2cc(C3CC4CCC3N4)cnc2F)cs1. The van der Waals surface area contributed by atoms with Gasteiger partial charge in [-0.15, -0.1) is 11.3 Å². The molecule has 2 aromatic heterocycles. The first kappa shape index (κ1) is 12.5. The molecule has 4 heterocycles. The molecule has 0 aliphatic carbocycles. The molecule has 0 saturated carbocycles. The molecule has 2 bridgehead atoms. The molecule has 104 valence electrons. The van der Waals surface area contributed by atoms with Crippen LogP contribution in [0.3, 0.4) is 0 Å². The highest BCUT2D eigenvalue weighted by Gasteiger charge is 2.39. The Morgan fingerprint density at radius 3 is 2.90 bits per heavy atom. The summed E-state index contributed by atoms with van der Waals surface area (Å²) in [7, 11) is 0. The van der Waals surface area contributed by atoms with Gasteiger partial charge >= 0.3 is 0 Å². The fraction of sp³-hybridized carbons (Fsp3) is 0.438. The second-order valence-corrected chi connectivity index (χ2v) is 7.06. The highest BCUT2D eigenvalue weighted by Crippen LogP contribution is 2.41. The number of thiophene rings is 1. The zero-order valence-corrected chi connectivity index (χ0v) is 12.2. The molecule has 0 radical (unpaired) electrons. The predicted molar refractivity (Wildman–Crippen MR) is 79.5 cm³/mol. The molecule has 4 heteroatoms. The van der Waals surface area contributed by atoms with Crippen LogP contribution < -0.4 is 5.32 Å². The van der Waals surface area contributed by atoms with Gasteiger partial charge in [0.05, 0.1) is 0 Å². The van der Waals surface area contributed by atoms with Crippen molar-refractivity contribution in [2.75, 3.05) is 0 Å². The molecular weight excluding hydrogens is 271 g/mol. The quantitative estimate of drug-likeness (QED) is 0.849. The first-order chi connectivity index (χ1) is 9.70. The molecule has 0 amide bonds. The summed E-state index contributed by atoms with van der Waals surface area (Å²) >= 11 is 1.65. The summed E-state index contributed by atoms with van der Waals surface area (Å²) in [6.45, 7) is 2.04. The first-order valence-corrected chi connectivity index (χ1v) is 8.05. The minimum atomic E-state index is -0.359. The van der Waals surface area contributed by atoms with Crippen molar-refractivity contribution in [1.82, 2.24) is 10.3 Å². The van der Waals surface area contributed by atoms with Gasteiger partial charge in [-0.1, -0.05) is 0 Å². The Labute approximate surface area is 122 Å². The summed E-state index contributed by atoms with van der Waals surface area (Å²) < 4.78 is 14.0. The van der Waals surface area contributed by atoms with Crippen LogP contribution in [0.1, 0.15) is 35.6 Å². The second kappa shape index (κ2) is 4.64. The van der Waals surface area contributed by atoms with E-state index in [1.54, 1.807) is 17.5 Å². The molecule has 4 rings (SSSR count). The molecule has 2 saturated heterocycles. The van der Waals surface area contributed by atoms with Gasteiger partial charge in [-0.25, -0.2) is 4.98 Å². The highest BCUT2D eigenvalue weighted by molar-refractivity contribution is 7.10. The van der Waals surface area contributed by atoms with Crippen molar-refractivity contribution < 1.29 is 4.39 Å². The van der Waals surface area contributed by atoms with Gasteiger partial charge in [0.15, 0.2) is 0 Å². The molecule has 20 heavy (non-hydrogen) atoms. The smallest absolute Gasteiger partial charge is 0.220 e. The number of hydrogen-bond donors (Lipinski definition) is 1. The average molecular weight is 288 g/mol. The van der Waals surface area contributed by atoms with Crippen molar-refractivity contribution in [2.45, 2.75) is 44.2 Å². The predicted octanol–water partition coefficient (Wildman–Crippen LogP) is 3.87. The maximum atomic E-state index is 14.0. The van der Waals surface area contributed by atoms with E-state index in [0.717, 1.165) is 5.56 Å². The van der Waals surface area contributed by atoms with Crippen LogP contribution in [0.4, 0.5) is 4.39 Å². The summed E-state index contributed by atoms with van der Waals surface area (Å²) in [6, 6.07) is 5.26. The third kappa shape index (κ3) is 1.98. The van der Waals surface area contributed by atoms with E-state index in [1.807, 2.05) is 24.4 Å². The molecule has 2 aromatic rings. The molecule has 2 aliphatic heterocycles. The van der Waals surface area contributed by atoms with Crippen LogP contribution in [0.2, 0.25) is 0 Å². The average Bonchev–Trinajstić information content (AvgIpc) is 3.15. The standard InChI is InChI=1S/C16H17FN2S/c1-9-4-11(8-20-9)14-5-10(7-18-16(14)17)13-6-12-2-3-15(13)19-12/h4-5,7-8,12-13,15,19H,2-3,6H2,1H3. The van der Waals surface area contributed by atoms with Crippen LogP contribution in [0.5, 0.6) is 0 Å². The summed E-state index contributed by atoms with van der Waals surface area (Å²) in [6.07, 6.45) is 5.41. The van der Waals surface area contributed by atoms with Crippen molar-refractivity contribution in [3.63, 3.8) is 0 Å². The van der Waals surface area contributed by atoms with Crippen molar-refractivity contribution in [2.24, 2.45) is 0 Å². The van der Waals surface area contributed by atoms with Gasteiger partial charge in [-0.2, -0.15) is 4.39 Å². The maximum Gasteiger partial charge on any atom is 0.220 e. The summed E-state index contributed by atoms with van der Waals surface area (Å²) in [5.41, 5.74) is 2.79. The van der Waals surface area contributed by atoms with Gasteiger partial charge in [-0.3, -0.25) is 0 Å². The lowest BCUT2D eigenvalue weighted by Gasteiger charge is -2.20. The maximum absolute atomic E-state index is 14.0. The zero-order chi connectivity index (χ0) is 13.7. The molecular formula is C16H17FN2S. The minimum Gasteiger partial charge on any atom is -0.311 e. The van der Waals surface area contributed by atoms with Crippen molar-refractivity contribution in [1.29, 1.82) is 0 Å². The summed E-state index contributed by atoms with van der Waals surface area (Å²) in [4.78, 5) is 5.20. The Morgan fingerprint density at radius 2 is 2.25 bits per heavy atom. The number of fused-ring (bicyclic) bond motifs is 2. The largest absolute Gasteiger partial charge is 0.311 e. The van der Waals surface area contributed by atoms with E-state index in [4.69, 9.17) is 0 Å². The zero-order valence-electron chi connectivity index (χ0n) is 11.4. The van der Waals surface area contributed by atoms with Crippen LogP contribution in [0.15, 0.2) is 23.7 Å². The number of nitrogens with one attached hydrogen (secondary N) is 1. The lowest BCUT2D eigenvalue weighted by molar-refractivity contribution is 0.502. The Kier molecular flexibility index (Phi) is 2.89. The lowest BCUT2D eigenvalue weighted by atomic mass is 9.84. The first-order valence-electron chi connectivity index (χ1n) is 7.18. The Hall–Kier alpha value is -1.26. The van der Waals surface area contributed by atoms with Crippen molar-refractivity contribution in [3.05, 3.63) is 40.1 Å². The van der Waals surface area contributed by atoms with Crippen LogP contribution in [-0.2, 0) is 0 Å². The van der Waals surface area contributed by atoms with E-state index in [-0.39, 0.29) is 5.95 Å². The third-order valence-corrected chi connectivity index (χ3v) is 5.49.